The highest BCUT2D eigenvalue weighted by Crippen LogP contribution is 2.37. The molecule has 1 unspecified atom stereocenters. The minimum absolute atomic E-state index is 0.0327. The van der Waals surface area contributed by atoms with E-state index in [0.29, 0.717) is 11.1 Å². The van der Waals surface area contributed by atoms with Gasteiger partial charge in [-0.3, -0.25) is 4.55 Å². The second-order valence-electron chi connectivity index (χ2n) is 6.90. The molecule has 1 aliphatic rings. The van der Waals surface area contributed by atoms with Gasteiger partial charge in [-0.1, -0.05) is 12.2 Å². The molecule has 1 saturated carbocycles. The molecule has 2 aromatic heterocycles. The lowest BCUT2D eigenvalue weighted by atomic mass is 9.87. The Labute approximate surface area is 170 Å². The number of pyridine rings is 1. The van der Waals surface area contributed by atoms with E-state index in [0.717, 1.165) is 43.2 Å². The van der Waals surface area contributed by atoms with Crippen LogP contribution in [0.4, 0.5) is 13.2 Å². The summed E-state index contributed by atoms with van der Waals surface area (Å²) < 4.78 is 77.8. The van der Waals surface area contributed by atoms with Crippen molar-refractivity contribution in [1.29, 1.82) is 5.26 Å². The molecule has 8 nitrogen and oxygen atoms in total. The van der Waals surface area contributed by atoms with E-state index in [9.17, 15) is 26.9 Å². The molecule has 0 bridgehead atoms. The second-order valence-corrected chi connectivity index (χ2v) is 8.32. The lowest BCUT2D eigenvalue weighted by molar-refractivity contribution is -0.141. The number of halogens is 3. The van der Waals surface area contributed by atoms with E-state index in [1.54, 1.807) is 0 Å². The van der Waals surface area contributed by atoms with E-state index >= 15 is 0 Å². The first-order chi connectivity index (χ1) is 14.0. The van der Waals surface area contributed by atoms with Crippen molar-refractivity contribution in [3.05, 3.63) is 41.7 Å². The van der Waals surface area contributed by atoms with E-state index in [4.69, 9.17) is 9.29 Å². The molecule has 30 heavy (non-hydrogen) atoms. The van der Waals surface area contributed by atoms with Crippen LogP contribution in [-0.4, -0.2) is 34.3 Å². The number of ether oxygens (including phenoxy) is 1. The molecule has 0 radical (unpaired) electrons. The number of alkyl halides is 3. The van der Waals surface area contributed by atoms with Gasteiger partial charge in [-0.05, 0) is 43.7 Å². The SMILES string of the molecule is C=C1CCCC(COc2c(C#N)c(C(F)(F)F)nn2-c2ccc(S(=O)(=O)O)cn2)C1. The van der Waals surface area contributed by atoms with Crippen molar-refractivity contribution in [2.45, 2.75) is 36.8 Å². The fourth-order valence-corrected chi connectivity index (χ4v) is 3.66. The Morgan fingerprint density at radius 1 is 1.40 bits per heavy atom. The number of aromatic nitrogens is 3. The average Bonchev–Trinajstić information content (AvgIpc) is 3.05. The molecule has 160 valence electrons. The van der Waals surface area contributed by atoms with Crippen LogP contribution in [0.5, 0.6) is 5.88 Å². The molecule has 0 amide bonds. The quantitative estimate of drug-likeness (QED) is 0.556. The van der Waals surface area contributed by atoms with Gasteiger partial charge < -0.3 is 4.74 Å². The molecule has 0 aliphatic heterocycles. The normalized spacial score (nSPS) is 17.6. The van der Waals surface area contributed by atoms with Crippen LogP contribution in [0.25, 0.3) is 5.82 Å². The van der Waals surface area contributed by atoms with Crippen molar-refractivity contribution in [2.75, 3.05) is 6.61 Å². The van der Waals surface area contributed by atoms with E-state index in [2.05, 4.69) is 16.7 Å². The maximum absolute atomic E-state index is 13.4. The Morgan fingerprint density at radius 3 is 2.67 bits per heavy atom. The van der Waals surface area contributed by atoms with Gasteiger partial charge in [0.25, 0.3) is 10.1 Å². The third-order valence-corrected chi connectivity index (χ3v) is 5.47. The summed E-state index contributed by atoms with van der Waals surface area (Å²) in [5.74, 6) is -0.615. The average molecular weight is 442 g/mol. The van der Waals surface area contributed by atoms with Crippen LogP contribution in [0.15, 0.2) is 35.4 Å². The highest BCUT2D eigenvalue weighted by atomic mass is 32.2. The number of rotatable bonds is 5. The van der Waals surface area contributed by atoms with Gasteiger partial charge in [0, 0.05) is 0 Å². The van der Waals surface area contributed by atoms with E-state index in [1.807, 2.05) is 0 Å². The monoisotopic (exact) mass is 442 g/mol. The van der Waals surface area contributed by atoms with Crippen molar-refractivity contribution in [3.63, 3.8) is 0 Å². The summed E-state index contributed by atoms with van der Waals surface area (Å²) in [5.41, 5.74) is -1.20. The first-order valence-electron chi connectivity index (χ1n) is 8.84. The maximum atomic E-state index is 13.4. The Bertz CT molecular complexity index is 1100. The summed E-state index contributed by atoms with van der Waals surface area (Å²) in [6.07, 6.45) is -0.891. The zero-order chi connectivity index (χ0) is 22.1. The molecule has 1 fully saturated rings. The number of nitriles is 1. The molecule has 2 heterocycles. The van der Waals surface area contributed by atoms with Crippen molar-refractivity contribution in [1.82, 2.24) is 14.8 Å². The standard InChI is InChI=1S/C18H17F3N4O4S/c1-11-3-2-4-12(7-11)10-29-17-14(8-22)16(18(19,20)21)24-25(17)15-6-5-13(9-23-15)30(26,27)28/h5-6,9,12H,1-4,7,10H2,(H,26,27,28). The first-order valence-corrected chi connectivity index (χ1v) is 10.3. The number of hydrogen-bond acceptors (Lipinski definition) is 6. The van der Waals surface area contributed by atoms with Gasteiger partial charge >= 0.3 is 6.18 Å². The summed E-state index contributed by atoms with van der Waals surface area (Å²) in [6.45, 7) is 3.98. The Balaban J connectivity index is 2.02. The summed E-state index contributed by atoms with van der Waals surface area (Å²) >= 11 is 0. The lowest BCUT2D eigenvalue weighted by Gasteiger charge is -2.23. The Hall–Kier alpha value is -2.91. The molecule has 12 heteroatoms. The minimum Gasteiger partial charge on any atom is -0.476 e. The molecule has 1 atom stereocenters. The molecule has 0 saturated heterocycles. The lowest BCUT2D eigenvalue weighted by Crippen LogP contribution is -2.18. The third-order valence-electron chi connectivity index (χ3n) is 4.63. The highest BCUT2D eigenvalue weighted by Gasteiger charge is 2.41. The van der Waals surface area contributed by atoms with Gasteiger partial charge in [0.05, 0.1) is 12.8 Å². The van der Waals surface area contributed by atoms with Gasteiger partial charge in [0.2, 0.25) is 5.88 Å². The molecule has 0 spiro atoms. The number of hydrogen-bond donors (Lipinski definition) is 1. The van der Waals surface area contributed by atoms with Gasteiger partial charge in [-0.2, -0.15) is 36.6 Å². The number of nitrogens with zero attached hydrogens (tertiary/aromatic N) is 4. The molecule has 2 aromatic rings. The summed E-state index contributed by atoms with van der Waals surface area (Å²) in [7, 11) is -4.54. The second kappa shape index (κ2) is 8.08. The van der Waals surface area contributed by atoms with Gasteiger partial charge in [0.1, 0.15) is 16.5 Å². The topological polar surface area (TPSA) is 118 Å². The van der Waals surface area contributed by atoms with E-state index < -0.39 is 38.3 Å². The van der Waals surface area contributed by atoms with Crippen LogP contribution in [0.3, 0.4) is 0 Å². The minimum atomic E-state index is -4.91. The van der Waals surface area contributed by atoms with Crippen LogP contribution >= 0.6 is 0 Å². The summed E-state index contributed by atoms with van der Waals surface area (Å²) in [6, 6.07) is 3.48. The molecule has 1 N–H and O–H groups in total. The molecule has 0 aromatic carbocycles. The van der Waals surface area contributed by atoms with Crippen LogP contribution in [-0.2, 0) is 16.3 Å². The molecular formula is C18H17F3N4O4S. The van der Waals surface area contributed by atoms with Crippen molar-refractivity contribution in [2.24, 2.45) is 5.92 Å². The molecule has 3 rings (SSSR count). The Morgan fingerprint density at radius 2 is 2.13 bits per heavy atom. The van der Waals surface area contributed by atoms with Gasteiger partial charge in [-0.15, -0.1) is 0 Å². The largest absolute Gasteiger partial charge is 0.476 e. The van der Waals surface area contributed by atoms with Gasteiger partial charge in [0.15, 0.2) is 11.5 Å². The van der Waals surface area contributed by atoms with Gasteiger partial charge in [-0.25, -0.2) is 4.98 Å². The first kappa shape index (κ1) is 21.8. The van der Waals surface area contributed by atoms with Crippen LogP contribution in [0, 0.1) is 17.2 Å². The predicted molar refractivity (Wildman–Crippen MR) is 97.5 cm³/mol. The van der Waals surface area contributed by atoms with Crippen molar-refractivity contribution >= 4 is 10.1 Å². The van der Waals surface area contributed by atoms with E-state index in [1.165, 1.54) is 6.07 Å². The summed E-state index contributed by atoms with van der Waals surface area (Å²) in [4.78, 5) is 3.20. The summed E-state index contributed by atoms with van der Waals surface area (Å²) in [5, 5.41) is 12.8. The zero-order valence-electron chi connectivity index (χ0n) is 15.6. The number of allylic oxidation sites excluding steroid dienone is 1. The Kier molecular flexibility index (Phi) is 5.87. The van der Waals surface area contributed by atoms with Crippen molar-refractivity contribution < 1.29 is 30.9 Å². The van der Waals surface area contributed by atoms with Crippen LogP contribution in [0.2, 0.25) is 0 Å². The smallest absolute Gasteiger partial charge is 0.436 e. The maximum Gasteiger partial charge on any atom is 0.436 e. The predicted octanol–water partition coefficient (Wildman–Crippen LogP) is 3.53. The third kappa shape index (κ3) is 4.63. The van der Waals surface area contributed by atoms with Crippen molar-refractivity contribution in [3.8, 4) is 17.8 Å². The van der Waals surface area contributed by atoms with Crippen LogP contribution < -0.4 is 4.74 Å². The fraction of sp³-hybridized carbons (Fsp3) is 0.389. The van der Waals surface area contributed by atoms with Crippen LogP contribution in [0.1, 0.15) is 36.9 Å². The zero-order valence-corrected chi connectivity index (χ0v) is 16.4. The van der Waals surface area contributed by atoms with E-state index in [-0.39, 0.29) is 18.3 Å². The molecule has 1 aliphatic carbocycles. The fourth-order valence-electron chi connectivity index (χ4n) is 3.23. The molecular weight excluding hydrogens is 425 g/mol. The highest BCUT2D eigenvalue weighted by molar-refractivity contribution is 7.85.